The number of aromatic nitrogens is 1. The molecule has 1 saturated heterocycles. The summed E-state index contributed by atoms with van der Waals surface area (Å²) in [6, 6.07) is -1.86. The van der Waals surface area contributed by atoms with Crippen molar-refractivity contribution in [2.75, 3.05) is 24.7 Å². The van der Waals surface area contributed by atoms with Crippen molar-refractivity contribution in [1.29, 1.82) is 0 Å². The molecule has 15 heteroatoms. The van der Waals surface area contributed by atoms with E-state index >= 15 is 0 Å². The van der Waals surface area contributed by atoms with Crippen LogP contribution in [0.4, 0.5) is 5.69 Å². The van der Waals surface area contributed by atoms with Gasteiger partial charge >= 0.3 is 0 Å². The van der Waals surface area contributed by atoms with Gasteiger partial charge in [-0.15, -0.1) is 0 Å². The third kappa shape index (κ3) is 3.85. The van der Waals surface area contributed by atoms with Gasteiger partial charge in [-0.25, -0.2) is 10.4 Å². The van der Waals surface area contributed by atoms with Crippen molar-refractivity contribution in [2.24, 2.45) is 0 Å². The summed E-state index contributed by atoms with van der Waals surface area (Å²) < 4.78 is 5.97. The number of anilines is 1. The lowest BCUT2D eigenvalue weighted by molar-refractivity contribution is -0.228. The van der Waals surface area contributed by atoms with E-state index in [1.165, 1.54) is 24.3 Å². The average Bonchev–Trinajstić information content (AvgIpc) is 3.62. The lowest BCUT2D eigenvalue weighted by atomic mass is 9.93. The molecule has 0 bridgehead atoms. The van der Waals surface area contributed by atoms with Crippen molar-refractivity contribution in [3.8, 4) is 0 Å². The third-order valence-corrected chi connectivity index (χ3v) is 8.81. The van der Waals surface area contributed by atoms with Crippen molar-refractivity contribution in [1.82, 2.24) is 15.4 Å². The molecule has 0 radical (unpaired) electrons. The molecule has 1 fully saturated rings. The molecule has 1 aromatic heterocycles. The summed E-state index contributed by atoms with van der Waals surface area (Å²) in [5.74, 6) is -1.74. The van der Waals surface area contributed by atoms with Crippen LogP contribution in [0.1, 0.15) is 26.3 Å². The minimum Gasteiger partial charge on any atom is -0.508 e. The number of ether oxygens (including phenoxy) is 1. The van der Waals surface area contributed by atoms with Gasteiger partial charge in [0, 0.05) is 22.0 Å². The predicted molar refractivity (Wildman–Crippen MR) is 151 cm³/mol. The smallest absolute Gasteiger partial charge is 0.276 e. The molecule has 0 spiro atoms. The van der Waals surface area contributed by atoms with Crippen LogP contribution in [0.2, 0.25) is 0 Å². The van der Waals surface area contributed by atoms with E-state index in [0.717, 1.165) is 5.01 Å². The zero-order valence-electron chi connectivity index (χ0n) is 23.0. The summed E-state index contributed by atoms with van der Waals surface area (Å²) in [5.41, 5.74) is 4.09. The highest BCUT2D eigenvalue weighted by Crippen LogP contribution is 2.43. The molecular weight excluding hydrogens is 580 g/mol. The maximum Gasteiger partial charge on any atom is 0.276 e. The summed E-state index contributed by atoms with van der Waals surface area (Å²) in [5, 5.41) is 84.1. The molecule has 6 unspecified atom stereocenters. The number of fused-ring (bicyclic) bond motifs is 9. The van der Waals surface area contributed by atoms with Crippen LogP contribution >= 0.6 is 0 Å². The molecule has 6 atom stereocenters. The first-order valence-corrected chi connectivity index (χ1v) is 14.0. The number of carbonyl (C=O) groups excluding carboxylic acids is 2. The summed E-state index contributed by atoms with van der Waals surface area (Å²) in [7, 11) is 0. The molecule has 44 heavy (non-hydrogen) atoms. The Morgan fingerprint density at radius 1 is 0.977 bits per heavy atom. The van der Waals surface area contributed by atoms with Crippen molar-refractivity contribution >= 4 is 40.1 Å². The number of nitrogens with zero attached hydrogens (tertiary/aromatic N) is 2. The number of hydrogen-bond donors (Lipinski definition) is 10. The van der Waals surface area contributed by atoms with Crippen molar-refractivity contribution in [3.63, 3.8) is 0 Å². The maximum absolute atomic E-state index is 14.1. The number of benzene rings is 1. The first-order chi connectivity index (χ1) is 21.1. The van der Waals surface area contributed by atoms with Gasteiger partial charge < -0.3 is 55.5 Å². The zero-order valence-corrected chi connectivity index (χ0v) is 23.0. The highest BCUT2D eigenvalue weighted by molar-refractivity contribution is 6.29. The van der Waals surface area contributed by atoms with Crippen LogP contribution in [0.3, 0.4) is 0 Å². The summed E-state index contributed by atoms with van der Waals surface area (Å²) in [6.07, 6.45) is -0.133. The van der Waals surface area contributed by atoms with E-state index in [0.29, 0.717) is 27.4 Å². The van der Waals surface area contributed by atoms with Crippen LogP contribution in [0.15, 0.2) is 35.8 Å². The number of H-pyrrole nitrogens is 1. The molecule has 5 aliphatic rings. The van der Waals surface area contributed by atoms with Crippen LogP contribution < -0.4 is 20.9 Å². The van der Waals surface area contributed by atoms with Gasteiger partial charge in [-0.05, 0) is 35.8 Å². The Morgan fingerprint density at radius 2 is 1.70 bits per heavy atom. The topological polar surface area (TPSA) is 240 Å². The molecule has 10 N–H and O–H groups in total. The number of imide groups is 1. The van der Waals surface area contributed by atoms with Gasteiger partial charge in [0.2, 0.25) is 0 Å². The van der Waals surface area contributed by atoms with Gasteiger partial charge in [0.1, 0.15) is 35.9 Å². The largest absolute Gasteiger partial charge is 0.508 e. The number of hydrogen-bond acceptors (Lipinski definition) is 13. The van der Waals surface area contributed by atoms with Crippen molar-refractivity contribution < 1.29 is 55.2 Å². The van der Waals surface area contributed by atoms with Crippen LogP contribution in [0, 0.1) is 0 Å². The van der Waals surface area contributed by atoms with Crippen LogP contribution in [0.25, 0.3) is 22.6 Å². The van der Waals surface area contributed by atoms with E-state index in [1.807, 2.05) is 0 Å². The Hall–Kier alpha value is -4.06. The Bertz CT molecular complexity index is 1820. The first-order valence-electron chi connectivity index (χ1n) is 14.0. The van der Waals surface area contributed by atoms with Gasteiger partial charge in [0.05, 0.1) is 54.2 Å². The molecule has 0 saturated carbocycles. The second-order valence-electron chi connectivity index (χ2n) is 11.3. The highest BCUT2D eigenvalue weighted by Gasteiger charge is 2.52. The molecule has 15 nitrogen and oxygen atoms in total. The molecule has 1 aromatic carbocycles. The fourth-order valence-electron chi connectivity index (χ4n) is 6.76. The second kappa shape index (κ2) is 10.3. The number of carbonyl (C=O) groups is 2. The van der Waals surface area contributed by atoms with Gasteiger partial charge in [0.25, 0.3) is 11.8 Å². The van der Waals surface area contributed by atoms with E-state index in [9.17, 15) is 50.4 Å². The lowest BCUT2D eigenvalue weighted by Gasteiger charge is -2.46. The number of amides is 2. The van der Waals surface area contributed by atoms with Gasteiger partial charge in [-0.3, -0.25) is 9.59 Å². The number of aliphatic hydroxyl groups is 8. The molecule has 3 aliphatic heterocycles. The minimum absolute atomic E-state index is 0.0101. The molecule has 232 valence electrons. The molecule has 2 aromatic rings. The second-order valence-corrected chi connectivity index (χ2v) is 11.3. The van der Waals surface area contributed by atoms with Crippen LogP contribution in [0.5, 0.6) is 0 Å². The standard InChI is InChI=1S/C29H30N4O11/c34-7-10(8-35)31-33-27(42)20-18-13-3-1-12(38)6-15(13)30-22(18)23-19(21(20)28(33)43)14-5-11(37)2-4-16(14)32(23)29-26(41)25(40)24(39)17(9-36)44-29/h1-2,4-6,10,16-17,24-26,29-31,34-41H,3,7-9H2. The fraction of sp³-hybridized carbons (Fsp3) is 0.379. The number of aromatic amines is 1. The molecule has 7 rings (SSSR count). The number of nitrogens with one attached hydrogen (secondary N) is 2. The summed E-state index contributed by atoms with van der Waals surface area (Å²) in [4.78, 5) is 32.9. The van der Waals surface area contributed by atoms with Crippen molar-refractivity contribution in [2.45, 2.75) is 49.1 Å². The Labute approximate surface area is 247 Å². The Balaban J connectivity index is 1.56. The monoisotopic (exact) mass is 610 g/mol. The normalized spacial score (nSPS) is 29.1. The van der Waals surface area contributed by atoms with E-state index in [4.69, 9.17) is 4.74 Å². The zero-order chi connectivity index (χ0) is 31.2. The van der Waals surface area contributed by atoms with Gasteiger partial charge in [-0.2, -0.15) is 0 Å². The Morgan fingerprint density at radius 3 is 2.41 bits per heavy atom. The lowest BCUT2D eigenvalue weighted by Crippen LogP contribution is -2.64. The quantitative estimate of drug-likeness (QED) is 0.143. The molecule has 4 heterocycles. The summed E-state index contributed by atoms with van der Waals surface area (Å²) in [6.45, 7) is -1.84. The first kappa shape index (κ1) is 28.7. The number of hydrazine groups is 1. The maximum atomic E-state index is 14.1. The van der Waals surface area contributed by atoms with E-state index in [1.54, 1.807) is 11.0 Å². The summed E-state index contributed by atoms with van der Waals surface area (Å²) >= 11 is 0. The third-order valence-electron chi connectivity index (χ3n) is 8.81. The van der Waals surface area contributed by atoms with Crippen LogP contribution in [-0.4, -0.2) is 125 Å². The number of rotatable bonds is 6. The fourth-order valence-corrected chi connectivity index (χ4v) is 6.76. The Kier molecular flexibility index (Phi) is 6.69. The number of aliphatic hydroxyl groups excluding tert-OH is 8. The minimum atomic E-state index is -1.72. The van der Waals surface area contributed by atoms with E-state index in [2.05, 4.69) is 10.4 Å². The molecule has 2 amide bonds. The number of allylic oxidation sites excluding steroid dienone is 3. The van der Waals surface area contributed by atoms with E-state index < -0.39 is 74.4 Å². The molecular formula is C29H30N4O11. The van der Waals surface area contributed by atoms with Crippen molar-refractivity contribution in [3.05, 3.63) is 63.1 Å². The highest BCUT2D eigenvalue weighted by atomic mass is 16.6. The average molecular weight is 611 g/mol. The van der Waals surface area contributed by atoms with E-state index in [-0.39, 0.29) is 40.0 Å². The van der Waals surface area contributed by atoms with Gasteiger partial charge in [0.15, 0.2) is 6.23 Å². The molecule has 2 aliphatic carbocycles. The predicted octanol–water partition coefficient (Wildman–Crippen LogP) is -3.45. The van der Waals surface area contributed by atoms with Crippen LogP contribution in [-0.2, 0) is 11.2 Å². The van der Waals surface area contributed by atoms with Gasteiger partial charge in [-0.1, -0.05) is 6.08 Å². The SMILES string of the molecule is O=C1c2c(c3c4c([nH]c3c3c2=C2C=C(O)C=CC2N3C2OC(CO)C(O)C(O)C2O)=CC(O)=CC4)C(=O)N1NC(CO)CO.